The van der Waals surface area contributed by atoms with E-state index in [0.717, 1.165) is 6.08 Å². The summed E-state index contributed by atoms with van der Waals surface area (Å²) in [4.78, 5) is 25.4. The standard InChI is InChI=1S/C12H14N2O4/c1-2-13-11(15)8-18-10-5-3-9(14-7-10)4-6-12(16)17/h3-7H,2,8H2,1H3,(H,13,15)(H,16,17). The first-order chi connectivity index (χ1) is 8.61. The van der Waals surface area contributed by atoms with E-state index in [4.69, 9.17) is 9.84 Å². The van der Waals surface area contributed by atoms with Crippen molar-refractivity contribution in [3.05, 3.63) is 30.1 Å². The Kier molecular flexibility index (Phi) is 5.37. The summed E-state index contributed by atoms with van der Waals surface area (Å²) in [5.74, 6) is -0.783. The molecule has 1 aromatic heterocycles. The summed E-state index contributed by atoms with van der Waals surface area (Å²) in [5.41, 5.74) is 0.503. The maximum Gasteiger partial charge on any atom is 0.328 e. The lowest BCUT2D eigenvalue weighted by atomic mass is 10.3. The van der Waals surface area contributed by atoms with E-state index in [1.807, 2.05) is 6.92 Å². The van der Waals surface area contributed by atoms with Gasteiger partial charge in [-0.2, -0.15) is 0 Å². The van der Waals surface area contributed by atoms with Gasteiger partial charge >= 0.3 is 5.97 Å². The van der Waals surface area contributed by atoms with E-state index < -0.39 is 5.97 Å². The van der Waals surface area contributed by atoms with Crippen molar-refractivity contribution in [2.24, 2.45) is 0 Å². The zero-order chi connectivity index (χ0) is 13.4. The molecular weight excluding hydrogens is 236 g/mol. The number of hydrogen-bond acceptors (Lipinski definition) is 4. The predicted molar refractivity (Wildman–Crippen MR) is 65.1 cm³/mol. The van der Waals surface area contributed by atoms with Gasteiger partial charge in [-0.3, -0.25) is 9.78 Å². The van der Waals surface area contributed by atoms with Crippen LogP contribution in [0.3, 0.4) is 0 Å². The minimum atomic E-state index is -1.03. The lowest BCUT2D eigenvalue weighted by Crippen LogP contribution is -2.28. The summed E-state index contributed by atoms with van der Waals surface area (Å²) in [6, 6.07) is 3.22. The second-order valence-electron chi connectivity index (χ2n) is 3.33. The maximum atomic E-state index is 11.1. The van der Waals surface area contributed by atoms with Gasteiger partial charge in [0.25, 0.3) is 5.91 Å². The Bertz CT molecular complexity index is 440. The molecular formula is C12H14N2O4. The molecule has 0 aliphatic carbocycles. The Morgan fingerprint density at radius 1 is 1.50 bits per heavy atom. The normalized spacial score (nSPS) is 10.3. The fraction of sp³-hybridized carbons (Fsp3) is 0.250. The van der Waals surface area contributed by atoms with E-state index >= 15 is 0 Å². The van der Waals surface area contributed by atoms with Crippen molar-refractivity contribution in [3.63, 3.8) is 0 Å². The van der Waals surface area contributed by atoms with Crippen LogP contribution in [0.5, 0.6) is 5.75 Å². The Balaban J connectivity index is 2.50. The minimum absolute atomic E-state index is 0.0696. The highest BCUT2D eigenvalue weighted by molar-refractivity contribution is 5.84. The molecule has 0 saturated heterocycles. The molecule has 6 heteroatoms. The Labute approximate surface area is 104 Å². The van der Waals surface area contributed by atoms with Gasteiger partial charge in [0, 0.05) is 12.6 Å². The summed E-state index contributed by atoms with van der Waals surface area (Å²) in [7, 11) is 0. The molecule has 1 rings (SSSR count). The molecule has 2 N–H and O–H groups in total. The van der Waals surface area contributed by atoms with Crippen LogP contribution in [0.4, 0.5) is 0 Å². The van der Waals surface area contributed by atoms with Crippen molar-refractivity contribution < 1.29 is 19.4 Å². The van der Waals surface area contributed by atoms with E-state index in [9.17, 15) is 9.59 Å². The third kappa shape index (κ3) is 5.11. The fourth-order valence-electron chi connectivity index (χ4n) is 1.13. The van der Waals surface area contributed by atoms with Gasteiger partial charge in [-0.25, -0.2) is 4.79 Å². The van der Waals surface area contributed by atoms with Crippen molar-refractivity contribution in [2.45, 2.75) is 6.92 Å². The first kappa shape index (κ1) is 13.7. The van der Waals surface area contributed by atoms with Gasteiger partial charge in [0.2, 0.25) is 0 Å². The molecule has 0 bridgehead atoms. The Morgan fingerprint density at radius 2 is 2.28 bits per heavy atom. The molecule has 1 heterocycles. The predicted octanol–water partition coefficient (Wildman–Crippen LogP) is 0.694. The molecule has 0 saturated carbocycles. The number of hydrogen-bond donors (Lipinski definition) is 2. The van der Waals surface area contributed by atoms with Crippen LogP contribution in [0, 0.1) is 0 Å². The highest BCUT2D eigenvalue weighted by Gasteiger charge is 2.01. The number of nitrogens with zero attached hydrogens (tertiary/aromatic N) is 1. The van der Waals surface area contributed by atoms with E-state index in [0.29, 0.717) is 18.0 Å². The second-order valence-corrected chi connectivity index (χ2v) is 3.33. The van der Waals surface area contributed by atoms with E-state index in [1.165, 1.54) is 12.3 Å². The van der Waals surface area contributed by atoms with E-state index in [-0.39, 0.29) is 12.5 Å². The van der Waals surface area contributed by atoms with Crippen molar-refractivity contribution in [1.82, 2.24) is 10.3 Å². The fourth-order valence-corrected chi connectivity index (χ4v) is 1.13. The number of carbonyl (C=O) groups is 2. The van der Waals surface area contributed by atoms with Crippen LogP contribution in [-0.4, -0.2) is 35.1 Å². The molecule has 0 radical (unpaired) electrons. The molecule has 0 spiro atoms. The largest absolute Gasteiger partial charge is 0.482 e. The van der Waals surface area contributed by atoms with Crippen LogP contribution >= 0.6 is 0 Å². The van der Waals surface area contributed by atoms with Crippen LogP contribution in [0.25, 0.3) is 6.08 Å². The van der Waals surface area contributed by atoms with Gasteiger partial charge in [-0.05, 0) is 25.1 Å². The first-order valence-electron chi connectivity index (χ1n) is 5.38. The molecule has 0 aliphatic rings. The highest BCUT2D eigenvalue weighted by Crippen LogP contribution is 2.09. The van der Waals surface area contributed by atoms with Crippen LogP contribution in [-0.2, 0) is 9.59 Å². The zero-order valence-corrected chi connectivity index (χ0v) is 9.92. The van der Waals surface area contributed by atoms with Crippen LogP contribution in [0.2, 0.25) is 0 Å². The third-order valence-electron chi connectivity index (χ3n) is 1.90. The second kappa shape index (κ2) is 7.05. The molecule has 1 amide bonds. The van der Waals surface area contributed by atoms with Crippen molar-refractivity contribution in [2.75, 3.05) is 13.2 Å². The van der Waals surface area contributed by atoms with E-state index in [2.05, 4.69) is 10.3 Å². The minimum Gasteiger partial charge on any atom is -0.482 e. The van der Waals surface area contributed by atoms with Gasteiger partial charge < -0.3 is 15.2 Å². The molecule has 96 valence electrons. The average Bonchev–Trinajstić information content (AvgIpc) is 2.35. The number of ether oxygens (including phenoxy) is 1. The highest BCUT2D eigenvalue weighted by atomic mass is 16.5. The number of amides is 1. The first-order valence-corrected chi connectivity index (χ1v) is 5.38. The number of aromatic nitrogens is 1. The number of likely N-dealkylation sites (N-methyl/N-ethyl adjacent to an activating group) is 1. The van der Waals surface area contributed by atoms with Gasteiger partial charge in [-0.1, -0.05) is 0 Å². The molecule has 0 unspecified atom stereocenters. The number of carboxylic acids is 1. The van der Waals surface area contributed by atoms with Crippen LogP contribution in [0.15, 0.2) is 24.4 Å². The van der Waals surface area contributed by atoms with Gasteiger partial charge in [0.15, 0.2) is 6.61 Å². The van der Waals surface area contributed by atoms with Crippen LogP contribution < -0.4 is 10.1 Å². The summed E-state index contributed by atoms with van der Waals surface area (Å²) in [6.07, 6.45) is 3.80. The van der Waals surface area contributed by atoms with Gasteiger partial charge in [0.1, 0.15) is 5.75 Å². The third-order valence-corrected chi connectivity index (χ3v) is 1.90. The molecule has 18 heavy (non-hydrogen) atoms. The summed E-state index contributed by atoms with van der Waals surface area (Å²) in [6.45, 7) is 2.31. The SMILES string of the molecule is CCNC(=O)COc1ccc(C=CC(=O)O)nc1. The van der Waals surface area contributed by atoms with Gasteiger partial charge in [0.05, 0.1) is 11.9 Å². The number of carboxylic acid groups (broad SMARTS) is 1. The number of carbonyl (C=O) groups excluding carboxylic acids is 1. The van der Waals surface area contributed by atoms with E-state index in [1.54, 1.807) is 12.1 Å². The molecule has 1 aromatic rings. The summed E-state index contributed by atoms with van der Waals surface area (Å²) < 4.78 is 5.19. The van der Waals surface area contributed by atoms with Crippen molar-refractivity contribution >= 4 is 18.0 Å². The molecule has 0 aliphatic heterocycles. The van der Waals surface area contributed by atoms with Crippen LogP contribution in [0.1, 0.15) is 12.6 Å². The smallest absolute Gasteiger partial charge is 0.328 e. The maximum absolute atomic E-state index is 11.1. The molecule has 0 fully saturated rings. The Morgan fingerprint density at radius 3 is 2.83 bits per heavy atom. The monoisotopic (exact) mass is 250 g/mol. The number of aliphatic carboxylic acids is 1. The molecule has 0 atom stereocenters. The lowest BCUT2D eigenvalue weighted by Gasteiger charge is -2.05. The van der Waals surface area contributed by atoms with Gasteiger partial charge in [-0.15, -0.1) is 0 Å². The van der Waals surface area contributed by atoms with Crippen molar-refractivity contribution in [3.8, 4) is 5.75 Å². The molecule has 6 nitrogen and oxygen atoms in total. The topological polar surface area (TPSA) is 88.5 Å². The summed E-state index contributed by atoms with van der Waals surface area (Å²) in [5, 5.41) is 11.0. The van der Waals surface area contributed by atoms with Crippen molar-refractivity contribution in [1.29, 1.82) is 0 Å². The Hall–Kier alpha value is -2.37. The zero-order valence-electron chi connectivity index (χ0n) is 9.92. The number of pyridine rings is 1. The quantitative estimate of drug-likeness (QED) is 0.725. The average molecular weight is 250 g/mol. The lowest BCUT2D eigenvalue weighted by molar-refractivity contribution is -0.131. The summed E-state index contributed by atoms with van der Waals surface area (Å²) >= 11 is 0. The number of rotatable bonds is 6. The number of nitrogens with one attached hydrogen (secondary N) is 1. The molecule has 0 aromatic carbocycles.